The van der Waals surface area contributed by atoms with Crippen LogP contribution in [0.15, 0.2) is 12.1 Å². The monoisotopic (exact) mass is 266 g/mol. The van der Waals surface area contributed by atoms with E-state index >= 15 is 0 Å². The summed E-state index contributed by atoms with van der Waals surface area (Å²) in [6.45, 7) is 4.44. The molecule has 0 saturated heterocycles. The molecule has 4 heteroatoms. The predicted molar refractivity (Wildman–Crippen MR) is 73.3 cm³/mol. The molecule has 0 aromatic heterocycles. The lowest BCUT2D eigenvalue weighted by Crippen LogP contribution is -2.19. The Morgan fingerprint density at radius 1 is 1.05 bits per heavy atom. The van der Waals surface area contributed by atoms with Crippen LogP contribution in [0.3, 0.4) is 0 Å². The molecule has 2 rings (SSSR count). The zero-order valence-electron chi connectivity index (χ0n) is 12.2. The molecule has 1 aliphatic carbocycles. The van der Waals surface area contributed by atoms with Gasteiger partial charge in [-0.2, -0.15) is 0 Å². The molecule has 106 valence electrons. The Morgan fingerprint density at radius 3 is 1.79 bits per heavy atom. The lowest BCUT2D eigenvalue weighted by Gasteiger charge is -2.21. The lowest BCUT2D eigenvalue weighted by atomic mass is 9.88. The Labute approximate surface area is 114 Å². The number of hydrogen-bond donors (Lipinski definition) is 1. The second-order valence-corrected chi connectivity index (χ2v) is 5.71. The molecule has 1 fully saturated rings. The van der Waals surface area contributed by atoms with Gasteiger partial charge in [0.2, 0.25) is 5.75 Å². The average molecular weight is 266 g/mol. The van der Waals surface area contributed by atoms with E-state index in [1.165, 1.54) is 0 Å². The highest BCUT2D eigenvalue weighted by atomic mass is 16.5. The minimum Gasteiger partial charge on any atom is -0.493 e. The third-order valence-electron chi connectivity index (χ3n) is 4.40. The van der Waals surface area contributed by atoms with Crippen LogP contribution >= 0.6 is 0 Å². The van der Waals surface area contributed by atoms with Crippen LogP contribution in [-0.4, -0.2) is 33.0 Å². The molecule has 0 heterocycles. The van der Waals surface area contributed by atoms with Gasteiger partial charge in [0.15, 0.2) is 11.5 Å². The van der Waals surface area contributed by atoms with Gasteiger partial charge in [0.1, 0.15) is 0 Å². The first-order valence-electron chi connectivity index (χ1n) is 6.37. The molecule has 1 unspecified atom stereocenters. The van der Waals surface area contributed by atoms with Crippen molar-refractivity contribution < 1.29 is 19.3 Å². The fourth-order valence-electron chi connectivity index (χ4n) is 2.92. The molecule has 0 aliphatic heterocycles. The second-order valence-electron chi connectivity index (χ2n) is 5.71. The standard InChI is InChI=1S/C15H22O4/c1-14(2)8-15(14,9-16)10-6-11(17-3)13(19-5)12(7-10)18-4/h6-7,16H,8-9H2,1-5H3. The number of aliphatic hydroxyl groups excluding tert-OH is 1. The van der Waals surface area contributed by atoms with Gasteiger partial charge in [-0.3, -0.25) is 0 Å². The van der Waals surface area contributed by atoms with E-state index < -0.39 is 0 Å². The first kappa shape index (κ1) is 14.0. The maximum absolute atomic E-state index is 9.79. The summed E-state index contributed by atoms with van der Waals surface area (Å²) < 4.78 is 16.1. The summed E-state index contributed by atoms with van der Waals surface area (Å²) in [6, 6.07) is 3.87. The van der Waals surface area contributed by atoms with Crippen molar-refractivity contribution >= 4 is 0 Å². The molecule has 19 heavy (non-hydrogen) atoms. The molecule has 1 aromatic carbocycles. The number of rotatable bonds is 5. The van der Waals surface area contributed by atoms with Crippen molar-refractivity contribution in [3.8, 4) is 17.2 Å². The Morgan fingerprint density at radius 2 is 1.53 bits per heavy atom. The maximum atomic E-state index is 9.79. The quantitative estimate of drug-likeness (QED) is 0.889. The number of aliphatic hydroxyl groups is 1. The van der Waals surface area contributed by atoms with E-state index in [4.69, 9.17) is 14.2 Å². The van der Waals surface area contributed by atoms with E-state index in [2.05, 4.69) is 13.8 Å². The van der Waals surface area contributed by atoms with Crippen LogP contribution in [0.2, 0.25) is 0 Å². The van der Waals surface area contributed by atoms with Gasteiger partial charge in [-0.25, -0.2) is 0 Å². The van der Waals surface area contributed by atoms with Crippen LogP contribution in [0.4, 0.5) is 0 Å². The normalized spacial score (nSPS) is 23.9. The van der Waals surface area contributed by atoms with E-state index in [-0.39, 0.29) is 17.4 Å². The topological polar surface area (TPSA) is 47.9 Å². The molecular weight excluding hydrogens is 244 g/mol. The highest BCUT2D eigenvalue weighted by Crippen LogP contribution is 2.65. The zero-order chi connectivity index (χ0) is 14.3. The average Bonchev–Trinajstić information content (AvgIpc) is 3.00. The fourth-order valence-corrected chi connectivity index (χ4v) is 2.92. The number of hydrogen-bond acceptors (Lipinski definition) is 4. The van der Waals surface area contributed by atoms with Crippen LogP contribution in [0, 0.1) is 5.41 Å². The fraction of sp³-hybridized carbons (Fsp3) is 0.600. The van der Waals surface area contributed by atoms with E-state index in [0.29, 0.717) is 17.2 Å². The number of benzene rings is 1. The summed E-state index contributed by atoms with van der Waals surface area (Å²) in [5.74, 6) is 1.85. The molecule has 1 aliphatic rings. The van der Waals surface area contributed by atoms with Crippen molar-refractivity contribution in [2.75, 3.05) is 27.9 Å². The van der Waals surface area contributed by atoms with Crippen LogP contribution in [-0.2, 0) is 5.41 Å². The van der Waals surface area contributed by atoms with Gasteiger partial charge in [-0.15, -0.1) is 0 Å². The number of ether oxygens (including phenoxy) is 3. The van der Waals surface area contributed by atoms with E-state index in [9.17, 15) is 5.11 Å². The molecule has 0 amide bonds. The van der Waals surface area contributed by atoms with Crippen molar-refractivity contribution in [2.24, 2.45) is 5.41 Å². The van der Waals surface area contributed by atoms with Crippen molar-refractivity contribution in [2.45, 2.75) is 25.7 Å². The van der Waals surface area contributed by atoms with Gasteiger partial charge in [-0.05, 0) is 29.5 Å². The molecular formula is C15H22O4. The number of methoxy groups -OCH3 is 3. The highest BCUT2D eigenvalue weighted by molar-refractivity contribution is 5.57. The van der Waals surface area contributed by atoms with Crippen molar-refractivity contribution in [1.29, 1.82) is 0 Å². The molecule has 1 N–H and O–H groups in total. The molecule has 1 saturated carbocycles. The third kappa shape index (κ3) is 1.94. The Bertz CT molecular complexity index is 456. The molecule has 1 atom stereocenters. The molecule has 0 radical (unpaired) electrons. The first-order chi connectivity index (χ1) is 8.95. The summed E-state index contributed by atoms with van der Waals surface area (Å²) in [7, 11) is 4.79. The van der Waals surface area contributed by atoms with Crippen LogP contribution in [0.1, 0.15) is 25.8 Å². The maximum Gasteiger partial charge on any atom is 0.203 e. The predicted octanol–water partition coefficient (Wildman–Crippen LogP) is 2.37. The summed E-state index contributed by atoms with van der Waals surface area (Å²) >= 11 is 0. The zero-order valence-corrected chi connectivity index (χ0v) is 12.2. The smallest absolute Gasteiger partial charge is 0.203 e. The summed E-state index contributed by atoms with van der Waals surface area (Å²) in [4.78, 5) is 0. The Balaban J connectivity index is 2.54. The van der Waals surface area contributed by atoms with Crippen LogP contribution in [0.25, 0.3) is 0 Å². The van der Waals surface area contributed by atoms with Crippen molar-refractivity contribution in [3.05, 3.63) is 17.7 Å². The van der Waals surface area contributed by atoms with E-state index in [1.807, 2.05) is 12.1 Å². The van der Waals surface area contributed by atoms with Gasteiger partial charge < -0.3 is 19.3 Å². The Hall–Kier alpha value is -1.42. The summed E-state index contributed by atoms with van der Waals surface area (Å²) in [5.41, 5.74) is 0.918. The van der Waals surface area contributed by atoms with Gasteiger partial charge in [0, 0.05) is 5.41 Å². The van der Waals surface area contributed by atoms with E-state index in [1.54, 1.807) is 21.3 Å². The lowest BCUT2D eigenvalue weighted by molar-refractivity contribution is 0.230. The summed E-state index contributed by atoms with van der Waals surface area (Å²) in [6.07, 6.45) is 0.954. The van der Waals surface area contributed by atoms with Gasteiger partial charge >= 0.3 is 0 Å². The third-order valence-corrected chi connectivity index (χ3v) is 4.40. The van der Waals surface area contributed by atoms with Crippen LogP contribution < -0.4 is 14.2 Å². The highest BCUT2D eigenvalue weighted by Gasteiger charge is 2.61. The minimum atomic E-state index is -0.209. The van der Waals surface area contributed by atoms with Crippen molar-refractivity contribution in [3.63, 3.8) is 0 Å². The molecule has 1 aromatic rings. The van der Waals surface area contributed by atoms with E-state index in [0.717, 1.165) is 12.0 Å². The molecule has 4 nitrogen and oxygen atoms in total. The van der Waals surface area contributed by atoms with Crippen LogP contribution in [0.5, 0.6) is 17.2 Å². The Kier molecular flexibility index (Phi) is 3.39. The first-order valence-corrected chi connectivity index (χ1v) is 6.37. The van der Waals surface area contributed by atoms with Crippen molar-refractivity contribution in [1.82, 2.24) is 0 Å². The summed E-state index contributed by atoms with van der Waals surface area (Å²) in [5, 5.41) is 9.79. The van der Waals surface area contributed by atoms with Gasteiger partial charge in [-0.1, -0.05) is 13.8 Å². The van der Waals surface area contributed by atoms with Gasteiger partial charge in [0.25, 0.3) is 0 Å². The SMILES string of the molecule is COc1cc(C2(CO)CC2(C)C)cc(OC)c1OC. The minimum absolute atomic E-state index is 0.0896. The second kappa shape index (κ2) is 4.60. The molecule has 0 spiro atoms. The largest absolute Gasteiger partial charge is 0.493 e. The molecule has 0 bridgehead atoms. The van der Waals surface area contributed by atoms with Gasteiger partial charge in [0.05, 0.1) is 27.9 Å².